The average Bonchev–Trinajstić information content (AvgIpc) is 3.42. The van der Waals surface area contributed by atoms with Gasteiger partial charge < -0.3 is 9.88 Å². The van der Waals surface area contributed by atoms with Crippen LogP contribution in [0, 0.1) is 6.92 Å². The number of carbonyl (C=O) groups is 1. The fraction of sp³-hybridized carbons (Fsp3) is 0.400. The summed E-state index contributed by atoms with van der Waals surface area (Å²) in [5.74, 6) is 1.57. The minimum Gasteiger partial charge on any atom is -0.325 e. The Balaban J connectivity index is 1.30. The molecule has 178 valence electrons. The molecule has 2 aliphatic heterocycles. The van der Waals surface area contributed by atoms with Gasteiger partial charge in [-0.3, -0.25) is 4.79 Å². The Bertz CT molecular complexity index is 1280. The van der Waals surface area contributed by atoms with Gasteiger partial charge in [0, 0.05) is 30.8 Å². The molecule has 1 N–H and O–H groups in total. The predicted molar refractivity (Wildman–Crippen MR) is 130 cm³/mol. The highest BCUT2D eigenvalue weighted by Gasteiger charge is 2.39. The van der Waals surface area contributed by atoms with Crippen molar-refractivity contribution in [2.75, 3.05) is 11.9 Å². The number of amides is 1. The molecule has 8 nitrogen and oxygen atoms in total. The number of nitrogens with one attached hydrogen (secondary N) is 1. The Morgan fingerprint density at radius 2 is 1.71 bits per heavy atom. The van der Waals surface area contributed by atoms with E-state index in [1.807, 2.05) is 31.2 Å². The molecule has 5 rings (SSSR count). The van der Waals surface area contributed by atoms with E-state index in [1.165, 1.54) is 10.7 Å². The number of hydrogen-bond acceptors (Lipinski definition) is 5. The van der Waals surface area contributed by atoms with Crippen LogP contribution >= 0.6 is 0 Å². The van der Waals surface area contributed by atoms with Crippen LogP contribution in [0.3, 0.4) is 0 Å². The van der Waals surface area contributed by atoms with Crippen molar-refractivity contribution in [2.24, 2.45) is 0 Å². The average molecular weight is 480 g/mol. The Kier molecular flexibility index (Phi) is 6.22. The number of aromatic nitrogens is 3. The van der Waals surface area contributed by atoms with E-state index in [0.717, 1.165) is 48.6 Å². The number of hydrogen-bond donors (Lipinski definition) is 1. The van der Waals surface area contributed by atoms with Crippen LogP contribution < -0.4 is 5.32 Å². The number of rotatable bonds is 5. The zero-order valence-corrected chi connectivity index (χ0v) is 20.1. The lowest BCUT2D eigenvalue weighted by atomic mass is 10.1. The second kappa shape index (κ2) is 9.31. The molecular weight excluding hydrogens is 450 g/mol. The van der Waals surface area contributed by atoms with Crippen molar-refractivity contribution in [3.05, 3.63) is 59.9 Å². The molecule has 0 aliphatic carbocycles. The lowest BCUT2D eigenvalue weighted by Gasteiger charge is -2.23. The van der Waals surface area contributed by atoms with Gasteiger partial charge in [-0.2, -0.15) is 4.31 Å². The summed E-state index contributed by atoms with van der Waals surface area (Å²) >= 11 is 0. The van der Waals surface area contributed by atoms with Crippen molar-refractivity contribution < 1.29 is 13.2 Å². The van der Waals surface area contributed by atoms with Crippen LogP contribution in [0.2, 0.25) is 0 Å². The molecule has 0 bridgehead atoms. The molecule has 1 saturated heterocycles. The monoisotopic (exact) mass is 479 g/mol. The first-order chi connectivity index (χ1) is 16.4. The van der Waals surface area contributed by atoms with Crippen LogP contribution in [-0.2, 0) is 27.8 Å². The predicted octanol–water partition coefficient (Wildman–Crippen LogP) is 3.77. The highest BCUT2D eigenvalue weighted by Crippen LogP contribution is 2.28. The molecule has 1 atom stereocenters. The van der Waals surface area contributed by atoms with Gasteiger partial charge in [0.25, 0.3) is 0 Å². The third-order valence-electron chi connectivity index (χ3n) is 6.65. The molecule has 34 heavy (non-hydrogen) atoms. The topological polar surface area (TPSA) is 97.2 Å². The summed E-state index contributed by atoms with van der Waals surface area (Å²) in [7, 11) is -3.74. The summed E-state index contributed by atoms with van der Waals surface area (Å²) in [4.78, 5) is 13.3. The first kappa shape index (κ1) is 22.7. The van der Waals surface area contributed by atoms with E-state index in [9.17, 15) is 13.2 Å². The van der Waals surface area contributed by atoms with Gasteiger partial charge in [-0.15, -0.1) is 10.2 Å². The van der Waals surface area contributed by atoms with Crippen molar-refractivity contribution in [3.8, 4) is 11.4 Å². The number of nitrogens with zero attached hydrogens (tertiary/aromatic N) is 4. The molecule has 3 aromatic rings. The number of sulfonamides is 1. The summed E-state index contributed by atoms with van der Waals surface area (Å²) in [5.41, 5.74) is 2.56. The SMILES string of the molecule is Cc1ccc(S(=O)(=O)N2CCC[C@H]2C(=O)Nc2ccc(-c3nnc4n3CCCCC4)cc2)cc1. The zero-order valence-electron chi connectivity index (χ0n) is 19.3. The summed E-state index contributed by atoms with van der Waals surface area (Å²) in [6.45, 7) is 3.17. The van der Waals surface area contributed by atoms with Gasteiger partial charge in [0.15, 0.2) is 5.82 Å². The maximum Gasteiger partial charge on any atom is 0.243 e. The quantitative estimate of drug-likeness (QED) is 0.601. The summed E-state index contributed by atoms with van der Waals surface area (Å²) in [6.07, 6.45) is 5.56. The van der Waals surface area contributed by atoms with Crippen LogP contribution in [0.15, 0.2) is 53.4 Å². The van der Waals surface area contributed by atoms with Gasteiger partial charge in [-0.05, 0) is 69.0 Å². The van der Waals surface area contributed by atoms with Crippen LogP contribution in [0.4, 0.5) is 5.69 Å². The zero-order chi connectivity index (χ0) is 23.7. The molecule has 1 aromatic heterocycles. The number of fused-ring (bicyclic) bond motifs is 1. The third-order valence-corrected chi connectivity index (χ3v) is 8.58. The highest BCUT2D eigenvalue weighted by atomic mass is 32.2. The Morgan fingerprint density at radius 3 is 2.47 bits per heavy atom. The van der Waals surface area contributed by atoms with Crippen molar-refractivity contribution in [3.63, 3.8) is 0 Å². The first-order valence-corrected chi connectivity index (χ1v) is 13.3. The molecule has 1 fully saturated rings. The largest absolute Gasteiger partial charge is 0.325 e. The highest BCUT2D eigenvalue weighted by molar-refractivity contribution is 7.89. The van der Waals surface area contributed by atoms with Gasteiger partial charge >= 0.3 is 0 Å². The minimum atomic E-state index is -3.74. The maximum absolute atomic E-state index is 13.2. The van der Waals surface area contributed by atoms with E-state index in [1.54, 1.807) is 24.3 Å². The van der Waals surface area contributed by atoms with Crippen LogP contribution in [0.5, 0.6) is 0 Å². The van der Waals surface area contributed by atoms with Crippen LogP contribution in [0.25, 0.3) is 11.4 Å². The number of benzene rings is 2. The van der Waals surface area contributed by atoms with Gasteiger partial charge in [-0.1, -0.05) is 24.1 Å². The standard InChI is InChI=1S/C25H29N5O3S/c1-18-8-14-21(15-9-18)34(32,33)30-17-5-6-22(30)25(31)26-20-12-10-19(11-13-20)24-28-27-23-7-3-2-4-16-29(23)24/h8-15,22H,2-7,16-17H2,1H3,(H,26,31)/t22-/m0/s1. The second-order valence-electron chi connectivity index (χ2n) is 9.06. The van der Waals surface area contributed by atoms with E-state index in [-0.39, 0.29) is 10.8 Å². The fourth-order valence-corrected chi connectivity index (χ4v) is 6.42. The maximum atomic E-state index is 13.2. The molecule has 9 heteroatoms. The Hall–Kier alpha value is -3.04. The molecule has 1 amide bonds. The van der Waals surface area contributed by atoms with Crippen molar-refractivity contribution in [2.45, 2.75) is 62.9 Å². The third kappa shape index (κ3) is 4.37. The lowest BCUT2D eigenvalue weighted by Crippen LogP contribution is -2.43. The molecule has 3 heterocycles. The smallest absolute Gasteiger partial charge is 0.243 e. The fourth-order valence-electron chi connectivity index (χ4n) is 4.76. The second-order valence-corrected chi connectivity index (χ2v) is 10.9. The van der Waals surface area contributed by atoms with Crippen LogP contribution in [-0.4, -0.2) is 46.0 Å². The molecule has 0 radical (unpaired) electrons. The normalized spacial score (nSPS) is 18.9. The lowest BCUT2D eigenvalue weighted by molar-refractivity contribution is -0.119. The van der Waals surface area contributed by atoms with Crippen LogP contribution in [0.1, 0.15) is 43.5 Å². The van der Waals surface area contributed by atoms with Gasteiger partial charge in [0.2, 0.25) is 15.9 Å². The molecule has 0 unspecified atom stereocenters. The minimum absolute atomic E-state index is 0.217. The number of aryl methyl sites for hydroxylation is 2. The number of anilines is 1. The Morgan fingerprint density at radius 1 is 0.941 bits per heavy atom. The van der Waals surface area contributed by atoms with E-state index in [2.05, 4.69) is 20.1 Å². The first-order valence-electron chi connectivity index (χ1n) is 11.9. The molecule has 0 spiro atoms. The van der Waals surface area contributed by atoms with Crippen molar-refractivity contribution in [1.29, 1.82) is 0 Å². The number of carbonyl (C=O) groups excluding carboxylic acids is 1. The van der Waals surface area contributed by atoms with E-state index in [0.29, 0.717) is 25.1 Å². The van der Waals surface area contributed by atoms with Gasteiger partial charge in [0.1, 0.15) is 11.9 Å². The van der Waals surface area contributed by atoms with E-state index >= 15 is 0 Å². The summed E-state index contributed by atoms with van der Waals surface area (Å²) in [6, 6.07) is 13.5. The summed E-state index contributed by atoms with van der Waals surface area (Å²) in [5, 5.41) is 11.6. The Labute approximate surface area is 200 Å². The van der Waals surface area contributed by atoms with E-state index < -0.39 is 16.1 Å². The van der Waals surface area contributed by atoms with Gasteiger partial charge in [-0.25, -0.2) is 8.42 Å². The molecular formula is C25H29N5O3S. The molecule has 2 aliphatic rings. The van der Waals surface area contributed by atoms with Crippen molar-refractivity contribution in [1.82, 2.24) is 19.1 Å². The van der Waals surface area contributed by atoms with E-state index in [4.69, 9.17) is 0 Å². The summed E-state index contributed by atoms with van der Waals surface area (Å²) < 4.78 is 29.8. The molecule has 2 aromatic carbocycles. The van der Waals surface area contributed by atoms with Gasteiger partial charge in [0.05, 0.1) is 4.90 Å². The molecule has 0 saturated carbocycles. The van der Waals surface area contributed by atoms with Crippen molar-refractivity contribution >= 4 is 21.6 Å².